The normalized spacial score (nSPS) is 12.9. The Labute approximate surface area is 195 Å². The molecule has 0 unspecified atom stereocenters. The van der Waals surface area contributed by atoms with Crippen LogP contribution in [0.4, 0.5) is 14.9 Å². The molecule has 34 heavy (non-hydrogen) atoms. The topological polar surface area (TPSA) is 105 Å². The van der Waals surface area contributed by atoms with Gasteiger partial charge in [-0.25, -0.2) is 14.0 Å². The third kappa shape index (κ3) is 4.61. The van der Waals surface area contributed by atoms with Crippen molar-refractivity contribution in [3.05, 3.63) is 89.2 Å². The van der Waals surface area contributed by atoms with Gasteiger partial charge in [-0.2, -0.15) is 0 Å². The Balaban J connectivity index is 1.40. The molecule has 8 heteroatoms. The molecule has 0 aromatic heterocycles. The van der Waals surface area contributed by atoms with Crippen LogP contribution in [0, 0.1) is 5.82 Å². The minimum Gasteiger partial charge on any atom is -0.478 e. The highest BCUT2D eigenvalue weighted by atomic mass is 19.1. The van der Waals surface area contributed by atoms with Gasteiger partial charge in [0.2, 0.25) is 5.91 Å². The number of ether oxygens (including phenoxy) is 1. The number of amides is 2. The zero-order chi connectivity index (χ0) is 24.2. The Kier molecular flexibility index (Phi) is 6.58. The van der Waals surface area contributed by atoms with E-state index >= 15 is 0 Å². The molecule has 174 valence electrons. The fourth-order valence-electron chi connectivity index (χ4n) is 4.11. The zero-order valence-electron chi connectivity index (χ0n) is 18.4. The number of benzene rings is 3. The third-order valence-electron chi connectivity index (χ3n) is 5.83. The molecular formula is C26H23FN2O5. The van der Waals surface area contributed by atoms with E-state index in [0.717, 1.165) is 40.5 Å². The summed E-state index contributed by atoms with van der Waals surface area (Å²) in [4.78, 5) is 36.2. The fraction of sp³-hybridized carbons (Fsp3) is 0.192. The van der Waals surface area contributed by atoms with Crippen LogP contribution in [0.15, 0.2) is 66.7 Å². The molecule has 4 rings (SSSR count). The molecule has 0 saturated heterocycles. The predicted octanol–water partition coefficient (Wildman–Crippen LogP) is 4.78. The van der Waals surface area contributed by atoms with Gasteiger partial charge in [0, 0.05) is 5.92 Å². The summed E-state index contributed by atoms with van der Waals surface area (Å²) in [6, 6.07) is 18.0. The molecule has 0 bridgehead atoms. The lowest BCUT2D eigenvalue weighted by molar-refractivity contribution is -0.118. The number of carboxylic acids is 1. The first-order valence-corrected chi connectivity index (χ1v) is 10.8. The number of anilines is 1. The standard InChI is InChI=1S/C26H23FN2O5/c1-2-22(24(30)28-23-13-15(25(31)32)11-12-21(23)27)29-26(33)34-14-20-18-9-5-3-7-16(18)17-8-4-6-10-19(17)20/h3-13,20,22H,2,14H2,1H3,(H,28,30)(H,29,33)(H,31,32)/t22-/m1/s1. The average Bonchev–Trinajstić information content (AvgIpc) is 3.16. The van der Waals surface area contributed by atoms with Crippen molar-refractivity contribution in [3.63, 3.8) is 0 Å². The highest BCUT2D eigenvalue weighted by molar-refractivity contribution is 5.98. The number of carbonyl (C=O) groups is 3. The van der Waals surface area contributed by atoms with E-state index in [1.807, 2.05) is 48.5 Å². The van der Waals surface area contributed by atoms with E-state index in [2.05, 4.69) is 10.6 Å². The summed E-state index contributed by atoms with van der Waals surface area (Å²) in [5.74, 6) is -2.84. The van der Waals surface area contributed by atoms with E-state index < -0.39 is 29.8 Å². The summed E-state index contributed by atoms with van der Waals surface area (Å²) < 4.78 is 19.5. The second-order valence-corrected chi connectivity index (χ2v) is 7.92. The molecule has 1 aliphatic rings. The van der Waals surface area contributed by atoms with Gasteiger partial charge in [0.1, 0.15) is 18.5 Å². The number of fused-ring (bicyclic) bond motifs is 3. The molecular weight excluding hydrogens is 439 g/mol. The van der Waals surface area contributed by atoms with E-state index in [1.165, 1.54) is 0 Å². The second-order valence-electron chi connectivity index (χ2n) is 7.92. The summed E-state index contributed by atoms with van der Waals surface area (Å²) in [6.07, 6.45) is -0.556. The Morgan fingerprint density at radius 1 is 1.00 bits per heavy atom. The van der Waals surface area contributed by atoms with Gasteiger partial charge in [-0.1, -0.05) is 55.5 Å². The zero-order valence-corrected chi connectivity index (χ0v) is 18.4. The van der Waals surface area contributed by atoms with E-state index in [0.29, 0.717) is 0 Å². The lowest BCUT2D eigenvalue weighted by atomic mass is 9.98. The Morgan fingerprint density at radius 3 is 2.21 bits per heavy atom. The maximum atomic E-state index is 14.0. The average molecular weight is 462 g/mol. The molecule has 0 heterocycles. The van der Waals surface area contributed by atoms with Crippen molar-refractivity contribution in [1.29, 1.82) is 0 Å². The summed E-state index contributed by atoms with van der Waals surface area (Å²) in [5, 5.41) is 13.9. The quantitative estimate of drug-likeness (QED) is 0.469. The molecule has 0 saturated carbocycles. The summed E-state index contributed by atoms with van der Waals surface area (Å²) in [6.45, 7) is 1.77. The van der Waals surface area contributed by atoms with Crippen LogP contribution in [-0.2, 0) is 9.53 Å². The lowest BCUT2D eigenvalue weighted by Crippen LogP contribution is -2.44. The molecule has 0 spiro atoms. The maximum absolute atomic E-state index is 14.0. The van der Waals surface area contributed by atoms with E-state index in [1.54, 1.807) is 6.92 Å². The third-order valence-corrected chi connectivity index (χ3v) is 5.83. The van der Waals surface area contributed by atoms with Gasteiger partial charge in [0.25, 0.3) is 0 Å². The lowest BCUT2D eigenvalue weighted by Gasteiger charge is -2.19. The number of halogens is 1. The van der Waals surface area contributed by atoms with Crippen LogP contribution >= 0.6 is 0 Å². The van der Waals surface area contributed by atoms with Crippen LogP contribution in [-0.4, -0.2) is 35.7 Å². The van der Waals surface area contributed by atoms with Gasteiger partial charge >= 0.3 is 12.1 Å². The molecule has 1 aliphatic carbocycles. The second kappa shape index (κ2) is 9.74. The minimum absolute atomic E-state index is 0.0905. The van der Waals surface area contributed by atoms with Crippen molar-refractivity contribution in [2.24, 2.45) is 0 Å². The molecule has 3 aromatic rings. The van der Waals surface area contributed by atoms with Crippen molar-refractivity contribution in [3.8, 4) is 11.1 Å². The van der Waals surface area contributed by atoms with E-state index in [-0.39, 0.29) is 30.2 Å². The number of hydrogen-bond acceptors (Lipinski definition) is 4. The van der Waals surface area contributed by atoms with Crippen LogP contribution in [0.3, 0.4) is 0 Å². The number of nitrogens with one attached hydrogen (secondary N) is 2. The van der Waals surface area contributed by atoms with Crippen molar-refractivity contribution >= 4 is 23.7 Å². The van der Waals surface area contributed by atoms with Crippen LogP contribution in [0.2, 0.25) is 0 Å². The molecule has 7 nitrogen and oxygen atoms in total. The van der Waals surface area contributed by atoms with Crippen molar-refractivity contribution in [2.45, 2.75) is 25.3 Å². The van der Waals surface area contributed by atoms with E-state index in [9.17, 15) is 18.8 Å². The number of carbonyl (C=O) groups excluding carboxylic acids is 2. The van der Waals surface area contributed by atoms with Crippen LogP contribution in [0.25, 0.3) is 11.1 Å². The molecule has 0 fully saturated rings. The van der Waals surface area contributed by atoms with Crippen LogP contribution < -0.4 is 10.6 Å². The molecule has 0 radical (unpaired) electrons. The van der Waals surface area contributed by atoms with Crippen LogP contribution in [0.1, 0.15) is 40.7 Å². The number of rotatable bonds is 7. The van der Waals surface area contributed by atoms with Crippen molar-refractivity contribution < 1.29 is 28.6 Å². The van der Waals surface area contributed by atoms with Gasteiger partial charge in [-0.3, -0.25) is 4.79 Å². The predicted molar refractivity (Wildman–Crippen MR) is 124 cm³/mol. The Hall–Kier alpha value is -4.20. The van der Waals surface area contributed by atoms with E-state index in [4.69, 9.17) is 9.84 Å². The summed E-state index contributed by atoms with van der Waals surface area (Å²) in [5.41, 5.74) is 3.88. The van der Waals surface area contributed by atoms with Crippen molar-refractivity contribution in [2.75, 3.05) is 11.9 Å². The van der Waals surface area contributed by atoms with Gasteiger partial charge in [-0.15, -0.1) is 0 Å². The number of hydrogen-bond donors (Lipinski definition) is 3. The number of carboxylic acid groups (broad SMARTS) is 1. The molecule has 1 atom stereocenters. The first-order valence-electron chi connectivity index (χ1n) is 10.8. The summed E-state index contributed by atoms with van der Waals surface area (Å²) in [7, 11) is 0. The number of alkyl carbamates (subject to hydrolysis) is 1. The Bertz CT molecular complexity index is 1210. The highest BCUT2D eigenvalue weighted by Crippen LogP contribution is 2.44. The van der Waals surface area contributed by atoms with Crippen molar-refractivity contribution in [1.82, 2.24) is 5.32 Å². The molecule has 3 N–H and O–H groups in total. The minimum atomic E-state index is -1.25. The monoisotopic (exact) mass is 462 g/mol. The molecule has 2 amide bonds. The molecule has 0 aliphatic heterocycles. The highest BCUT2D eigenvalue weighted by Gasteiger charge is 2.29. The fourth-order valence-corrected chi connectivity index (χ4v) is 4.11. The smallest absolute Gasteiger partial charge is 0.407 e. The van der Waals surface area contributed by atoms with Crippen LogP contribution in [0.5, 0.6) is 0 Å². The molecule has 3 aromatic carbocycles. The van der Waals surface area contributed by atoms with Gasteiger partial charge in [0.05, 0.1) is 11.3 Å². The summed E-state index contributed by atoms with van der Waals surface area (Å²) >= 11 is 0. The van der Waals surface area contributed by atoms with Gasteiger partial charge in [-0.05, 0) is 46.9 Å². The largest absolute Gasteiger partial charge is 0.478 e. The van der Waals surface area contributed by atoms with Gasteiger partial charge in [0.15, 0.2) is 0 Å². The SMILES string of the molecule is CC[C@@H](NC(=O)OCC1c2ccccc2-c2ccccc21)C(=O)Nc1cc(C(=O)O)ccc1F. The first-order chi connectivity index (χ1) is 16.4. The van der Waals surface area contributed by atoms with Gasteiger partial charge < -0.3 is 20.5 Å². The number of aromatic carboxylic acids is 1. The maximum Gasteiger partial charge on any atom is 0.407 e. The Morgan fingerprint density at radius 2 is 1.62 bits per heavy atom. The first kappa shape index (κ1) is 23.0.